The molecule has 3 N–H and O–H groups in total. The molecule has 7 nitrogen and oxygen atoms in total. The van der Waals surface area contributed by atoms with E-state index in [1.165, 1.54) is 17.4 Å². The highest BCUT2D eigenvalue weighted by Crippen LogP contribution is 2.25. The van der Waals surface area contributed by atoms with Crippen molar-refractivity contribution in [2.75, 3.05) is 11.9 Å². The van der Waals surface area contributed by atoms with Gasteiger partial charge in [0, 0.05) is 12.7 Å². The van der Waals surface area contributed by atoms with Crippen LogP contribution in [0.15, 0.2) is 54.2 Å². The van der Waals surface area contributed by atoms with Crippen LogP contribution in [0, 0.1) is 5.82 Å². The molecule has 1 atom stereocenters. The SMILES string of the molecule is CC(Nc1nc(C(=O)NCCc2ccccc2O)c2sccc2n1)c1cncc(F)c1. The van der Waals surface area contributed by atoms with Gasteiger partial charge in [0.2, 0.25) is 5.95 Å². The molecule has 0 spiro atoms. The number of halogens is 1. The number of para-hydroxylation sites is 1. The highest BCUT2D eigenvalue weighted by Gasteiger charge is 2.17. The van der Waals surface area contributed by atoms with Crippen LogP contribution in [0.2, 0.25) is 0 Å². The minimum atomic E-state index is -0.426. The molecular formula is C22H20FN5O2S. The quantitative estimate of drug-likeness (QED) is 0.403. The van der Waals surface area contributed by atoms with Gasteiger partial charge in [-0.1, -0.05) is 18.2 Å². The van der Waals surface area contributed by atoms with Gasteiger partial charge in [0.1, 0.15) is 11.6 Å². The van der Waals surface area contributed by atoms with Crippen molar-refractivity contribution < 1.29 is 14.3 Å². The lowest BCUT2D eigenvalue weighted by molar-refractivity contribution is 0.0951. The van der Waals surface area contributed by atoms with Crippen LogP contribution < -0.4 is 10.6 Å². The molecular weight excluding hydrogens is 417 g/mol. The number of pyridine rings is 1. The number of amides is 1. The number of thiophene rings is 1. The molecule has 0 saturated carbocycles. The molecule has 4 aromatic rings. The normalized spacial score (nSPS) is 11.9. The average Bonchev–Trinajstić information content (AvgIpc) is 3.23. The Morgan fingerprint density at radius 3 is 2.87 bits per heavy atom. The lowest BCUT2D eigenvalue weighted by Crippen LogP contribution is -2.27. The summed E-state index contributed by atoms with van der Waals surface area (Å²) >= 11 is 1.39. The van der Waals surface area contributed by atoms with E-state index in [2.05, 4.69) is 25.6 Å². The molecule has 9 heteroatoms. The third-order valence-corrected chi connectivity index (χ3v) is 5.67. The van der Waals surface area contributed by atoms with Gasteiger partial charge in [-0.25, -0.2) is 14.4 Å². The van der Waals surface area contributed by atoms with E-state index >= 15 is 0 Å². The number of nitrogens with one attached hydrogen (secondary N) is 2. The number of fused-ring (bicyclic) bond motifs is 1. The molecule has 0 fully saturated rings. The highest BCUT2D eigenvalue weighted by molar-refractivity contribution is 7.17. The summed E-state index contributed by atoms with van der Waals surface area (Å²) in [6, 6.07) is 9.92. The Morgan fingerprint density at radius 1 is 1.23 bits per heavy atom. The number of hydrogen-bond acceptors (Lipinski definition) is 7. The number of aromatic hydroxyl groups is 1. The van der Waals surface area contributed by atoms with Gasteiger partial charge in [-0.2, -0.15) is 0 Å². The lowest BCUT2D eigenvalue weighted by atomic mass is 10.1. The molecule has 1 amide bonds. The first-order valence-electron chi connectivity index (χ1n) is 9.68. The molecule has 0 bridgehead atoms. The van der Waals surface area contributed by atoms with Gasteiger partial charge in [0.15, 0.2) is 5.69 Å². The number of benzene rings is 1. The summed E-state index contributed by atoms with van der Waals surface area (Å²) in [7, 11) is 0. The number of aromatic nitrogens is 3. The lowest BCUT2D eigenvalue weighted by Gasteiger charge is -2.15. The fourth-order valence-electron chi connectivity index (χ4n) is 3.14. The van der Waals surface area contributed by atoms with Gasteiger partial charge in [-0.3, -0.25) is 9.78 Å². The summed E-state index contributed by atoms with van der Waals surface area (Å²) < 4.78 is 14.2. The second-order valence-corrected chi connectivity index (χ2v) is 7.88. The molecule has 1 unspecified atom stereocenters. The Bertz CT molecular complexity index is 1230. The van der Waals surface area contributed by atoms with E-state index in [9.17, 15) is 14.3 Å². The summed E-state index contributed by atoms with van der Waals surface area (Å²) in [5.41, 5.74) is 2.32. The fourth-order valence-corrected chi connectivity index (χ4v) is 3.96. The van der Waals surface area contributed by atoms with Gasteiger partial charge < -0.3 is 15.7 Å². The predicted molar refractivity (Wildman–Crippen MR) is 118 cm³/mol. The Morgan fingerprint density at radius 2 is 2.06 bits per heavy atom. The monoisotopic (exact) mass is 437 g/mol. The fraction of sp³-hybridized carbons (Fsp3) is 0.182. The first kappa shape index (κ1) is 20.7. The van der Waals surface area contributed by atoms with Crippen molar-refractivity contribution in [1.29, 1.82) is 0 Å². The number of hydrogen-bond donors (Lipinski definition) is 3. The van der Waals surface area contributed by atoms with Crippen LogP contribution in [-0.2, 0) is 6.42 Å². The van der Waals surface area contributed by atoms with Crippen molar-refractivity contribution in [2.24, 2.45) is 0 Å². The van der Waals surface area contributed by atoms with E-state index in [1.54, 1.807) is 18.3 Å². The van der Waals surface area contributed by atoms with Crippen molar-refractivity contribution >= 4 is 33.4 Å². The summed E-state index contributed by atoms with van der Waals surface area (Å²) in [6.07, 6.45) is 3.20. The number of carbonyl (C=O) groups is 1. The van der Waals surface area contributed by atoms with Gasteiger partial charge in [0.25, 0.3) is 5.91 Å². The van der Waals surface area contributed by atoms with Crippen LogP contribution in [0.3, 0.4) is 0 Å². The first-order valence-corrected chi connectivity index (χ1v) is 10.6. The number of phenols is 1. The van der Waals surface area contributed by atoms with E-state index in [-0.39, 0.29) is 29.3 Å². The van der Waals surface area contributed by atoms with E-state index < -0.39 is 5.82 Å². The Hall–Kier alpha value is -3.59. The smallest absolute Gasteiger partial charge is 0.271 e. The number of anilines is 1. The molecule has 4 rings (SSSR count). The summed E-state index contributed by atoms with van der Waals surface area (Å²) in [5, 5.41) is 17.7. The van der Waals surface area contributed by atoms with E-state index in [1.807, 2.05) is 30.5 Å². The van der Waals surface area contributed by atoms with Crippen LogP contribution >= 0.6 is 11.3 Å². The zero-order valence-electron chi connectivity index (χ0n) is 16.7. The molecule has 0 aliphatic carbocycles. The summed E-state index contributed by atoms with van der Waals surface area (Å²) in [6.45, 7) is 2.19. The van der Waals surface area contributed by atoms with Crippen LogP contribution in [0.25, 0.3) is 10.2 Å². The van der Waals surface area contributed by atoms with Crippen LogP contribution in [0.1, 0.15) is 34.6 Å². The maximum absolute atomic E-state index is 13.5. The van der Waals surface area contributed by atoms with Gasteiger partial charge in [-0.05, 0) is 48.1 Å². The minimum absolute atomic E-state index is 0.201. The van der Waals surface area contributed by atoms with Crippen molar-refractivity contribution in [3.63, 3.8) is 0 Å². The molecule has 0 radical (unpaired) electrons. The summed E-state index contributed by atoms with van der Waals surface area (Å²) in [4.78, 5) is 25.6. The van der Waals surface area contributed by atoms with Crippen molar-refractivity contribution in [1.82, 2.24) is 20.3 Å². The Balaban J connectivity index is 1.51. The zero-order valence-corrected chi connectivity index (χ0v) is 17.5. The third-order valence-electron chi connectivity index (χ3n) is 4.76. The summed E-state index contributed by atoms with van der Waals surface area (Å²) in [5.74, 6) is -0.279. The molecule has 3 aromatic heterocycles. The average molecular weight is 438 g/mol. The van der Waals surface area contributed by atoms with Crippen molar-refractivity contribution in [3.8, 4) is 5.75 Å². The molecule has 31 heavy (non-hydrogen) atoms. The molecule has 0 aliphatic heterocycles. The second-order valence-electron chi connectivity index (χ2n) is 6.97. The standard InChI is InChI=1S/C22H20FN5O2S/c1-13(15-10-16(23)12-24-11-15)26-22-27-17-7-9-31-20(17)19(28-22)21(30)25-8-6-14-4-2-3-5-18(14)29/h2-5,7,9-13,29H,6,8H2,1H3,(H,25,30)(H,26,27,28). The number of carbonyl (C=O) groups excluding carboxylic acids is 1. The van der Waals surface area contributed by atoms with E-state index in [0.29, 0.717) is 28.7 Å². The van der Waals surface area contributed by atoms with Gasteiger partial charge in [-0.15, -0.1) is 11.3 Å². The zero-order chi connectivity index (χ0) is 21.8. The van der Waals surface area contributed by atoms with Gasteiger partial charge in [0.05, 0.1) is 22.5 Å². The molecule has 0 aliphatic rings. The number of phenolic OH excluding ortho intramolecular Hbond substituents is 1. The Kier molecular flexibility index (Phi) is 6.03. The van der Waals surface area contributed by atoms with E-state index in [0.717, 1.165) is 11.8 Å². The van der Waals surface area contributed by atoms with Crippen molar-refractivity contribution in [3.05, 3.63) is 76.8 Å². The van der Waals surface area contributed by atoms with Crippen molar-refractivity contribution in [2.45, 2.75) is 19.4 Å². The minimum Gasteiger partial charge on any atom is -0.508 e. The molecule has 158 valence electrons. The number of nitrogens with zero attached hydrogens (tertiary/aromatic N) is 3. The number of rotatable bonds is 7. The van der Waals surface area contributed by atoms with Crippen LogP contribution in [-0.4, -0.2) is 32.5 Å². The van der Waals surface area contributed by atoms with E-state index in [4.69, 9.17) is 0 Å². The molecule has 3 heterocycles. The van der Waals surface area contributed by atoms with Crippen LogP contribution in [0.5, 0.6) is 5.75 Å². The predicted octanol–water partition coefficient (Wildman–Crippen LogP) is 4.08. The van der Waals surface area contributed by atoms with Crippen LogP contribution in [0.4, 0.5) is 10.3 Å². The molecule has 1 aromatic carbocycles. The maximum Gasteiger partial charge on any atom is 0.271 e. The topological polar surface area (TPSA) is 100 Å². The van der Waals surface area contributed by atoms with Gasteiger partial charge >= 0.3 is 0 Å². The maximum atomic E-state index is 13.5. The first-order chi connectivity index (χ1) is 15.0. The second kappa shape index (κ2) is 9.05. The Labute approximate surface area is 182 Å². The third kappa shape index (κ3) is 4.77. The largest absolute Gasteiger partial charge is 0.508 e. The molecule has 0 saturated heterocycles. The highest BCUT2D eigenvalue weighted by atomic mass is 32.1.